The van der Waals surface area contributed by atoms with Gasteiger partial charge in [0, 0.05) is 30.3 Å². The van der Waals surface area contributed by atoms with E-state index in [-0.39, 0.29) is 29.2 Å². The Hall–Kier alpha value is -2.44. The van der Waals surface area contributed by atoms with Crippen molar-refractivity contribution in [2.75, 3.05) is 26.8 Å². The van der Waals surface area contributed by atoms with Crippen LogP contribution in [0.1, 0.15) is 5.69 Å². The Bertz CT molecular complexity index is 1320. The first-order chi connectivity index (χ1) is 15.6. The minimum absolute atomic E-state index is 0.0838. The number of rotatable bonds is 4. The molecule has 33 heavy (non-hydrogen) atoms. The quantitative estimate of drug-likeness (QED) is 0.569. The van der Waals surface area contributed by atoms with Gasteiger partial charge in [-0.25, -0.2) is 27.7 Å². The Morgan fingerprint density at radius 2 is 2.12 bits per heavy atom. The molecule has 176 valence electrons. The number of fused-ring (bicyclic) bond motifs is 1. The lowest BCUT2D eigenvalue weighted by Gasteiger charge is -2.32. The molecule has 0 spiro atoms. The fourth-order valence-electron chi connectivity index (χ4n) is 3.76. The maximum atomic E-state index is 15.1. The van der Waals surface area contributed by atoms with Crippen LogP contribution in [0.15, 0.2) is 35.4 Å². The summed E-state index contributed by atoms with van der Waals surface area (Å²) in [4.78, 5) is 17.5. The molecule has 1 aliphatic heterocycles. The molecule has 13 heteroatoms. The lowest BCUT2D eigenvalue weighted by molar-refractivity contribution is -0.0241. The van der Waals surface area contributed by atoms with Gasteiger partial charge in [0.15, 0.2) is 0 Å². The molecule has 1 aliphatic rings. The number of primary sulfonamides is 1. The highest BCUT2D eigenvalue weighted by molar-refractivity contribution is 7.89. The number of benzene rings is 1. The largest absolute Gasteiger partial charge is 0.453 e. The Labute approximate surface area is 198 Å². The molecule has 3 heterocycles. The number of hydrogen-bond donors (Lipinski definition) is 1. The third kappa shape index (κ3) is 4.78. The number of morpholine rings is 1. The minimum atomic E-state index is -4.16. The molecule has 2 N–H and O–H groups in total. The van der Waals surface area contributed by atoms with Gasteiger partial charge in [-0.3, -0.25) is 0 Å². The number of sulfonamides is 1. The van der Waals surface area contributed by atoms with E-state index in [4.69, 9.17) is 37.8 Å². The fraction of sp³-hybridized carbons (Fsp3) is 0.300. The molecular formula is C20H19Cl2FN4O5S. The number of imidazole rings is 1. The number of halogens is 3. The molecule has 0 radical (unpaired) electrons. The summed E-state index contributed by atoms with van der Waals surface area (Å²) < 4.78 is 50.8. The van der Waals surface area contributed by atoms with Crippen LogP contribution in [0.4, 0.5) is 9.18 Å². The molecule has 3 aromatic rings. The average Bonchev–Trinajstić information content (AvgIpc) is 3.09. The van der Waals surface area contributed by atoms with Crippen molar-refractivity contribution in [2.45, 2.75) is 17.4 Å². The number of hydrogen-bond acceptors (Lipinski definition) is 6. The molecule has 0 bridgehead atoms. The number of amides is 1. The van der Waals surface area contributed by atoms with Gasteiger partial charge in [0.2, 0.25) is 10.0 Å². The number of carbonyl (C=O) groups is 1. The molecule has 1 aromatic carbocycles. The first-order valence-corrected chi connectivity index (χ1v) is 12.0. The van der Waals surface area contributed by atoms with Crippen molar-refractivity contribution in [1.29, 1.82) is 0 Å². The van der Waals surface area contributed by atoms with Gasteiger partial charge >= 0.3 is 6.09 Å². The van der Waals surface area contributed by atoms with Crippen molar-refractivity contribution in [3.8, 4) is 11.3 Å². The summed E-state index contributed by atoms with van der Waals surface area (Å²) in [5.74, 6) is -0.900. The Balaban J connectivity index is 1.82. The Kier molecular flexibility index (Phi) is 6.52. The number of carbonyl (C=O) groups excluding carboxylic acids is 1. The van der Waals surface area contributed by atoms with Gasteiger partial charge in [0.05, 0.1) is 53.2 Å². The second-order valence-electron chi connectivity index (χ2n) is 7.40. The van der Waals surface area contributed by atoms with Gasteiger partial charge in [-0.15, -0.1) is 0 Å². The predicted molar refractivity (Wildman–Crippen MR) is 119 cm³/mol. The predicted octanol–water partition coefficient (Wildman–Crippen LogP) is 3.10. The van der Waals surface area contributed by atoms with E-state index in [0.29, 0.717) is 29.5 Å². The van der Waals surface area contributed by atoms with Crippen LogP contribution in [0.5, 0.6) is 0 Å². The summed E-state index contributed by atoms with van der Waals surface area (Å²) in [6, 6.07) is 5.12. The first kappa shape index (κ1) is 23.7. The summed E-state index contributed by atoms with van der Waals surface area (Å²) in [5, 5.41) is 5.37. The lowest BCUT2D eigenvalue weighted by atomic mass is 10.0. The van der Waals surface area contributed by atoms with Crippen LogP contribution in [0.25, 0.3) is 16.9 Å². The lowest BCUT2D eigenvalue weighted by Crippen LogP contribution is -2.46. The van der Waals surface area contributed by atoms with Crippen LogP contribution < -0.4 is 5.14 Å². The third-order valence-corrected chi connectivity index (χ3v) is 6.69. The van der Waals surface area contributed by atoms with Gasteiger partial charge in [-0.2, -0.15) is 0 Å². The van der Waals surface area contributed by atoms with Crippen molar-refractivity contribution in [1.82, 2.24) is 14.3 Å². The van der Waals surface area contributed by atoms with Gasteiger partial charge < -0.3 is 18.8 Å². The van der Waals surface area contributed by atoms with Crippen LogP contribution in [-0.2, 0) is 25.9 Å². The van der Waals surface area contributed by atoms with Gasteiger partial charge in [-0.1, -0.05) is 23.2 Å². The maximum absolute atomic E-state index is 15.1. The van der Waals surface area contributed by atoms with Crippen LogP contribution in [-0.4, -0.2) is 61.7 Å². The van der Waals surface area contributed by atoms with Gasteiger partial charge in [-0.05, 0) is 18.2 Å². The smallest absolute Gasteiger partial charge is 0.409 e. The summed E-state index contributed by atoms with van der Waals surface area (Å²) in [5.41, 5.74) is 1.08. The standard InChI is InChI=1S/C20H19Cl2FN4O5S/c1-31-20(28)26-4-5-32-12(10-26)7-16-19(25-17-6-11(21)2-3-27(16)17)18-14(22)8-13(9-15(18)23)33(24,29)30/h2-3,6,8-9,12H,4-5,7,10H2,1H3,(H2,24,29,30)/t12-/m0/s1. The topological polar surface area (TPSA) is 116 Å². The van der Waals surface area contributed by atoms with E-state index in [2.05, 4.69) is 4.98 Å². The molecule has 1 saturated heterocycles. The molecule has 9 nitrogen and oxygen atoms in total. The van der Waals surface area contributed by atoms with Crippen molar-refractivity contribution < 1.29 is 27.1 Å². The van der Waals surface area contributed by atoms with Crippen molar-refractivity contribution in [2.24, 2.45) is 5.14 Å². The van der Waals surface area contributed by atoms with E-state index in [1.54, 1.807) is 22.7 Å². The number of methoxy groups -OCH3 is 1. The monoisotopic (exact) mass is 516 g/mol. The highest BCUT2D eigenvalue weighted by Crippen LogP contribution is 2.36. The fourth-order valence-corrected chi connectivity index (χ4v) is 4.83. The number of ether oxygens (including phenoxy) is 2. The van der Waals surface area contributed by atoms with E-state index in [1.165, 1.54) is 12.0 Å². The molecule has 0 unspecified atom stereocenters. The van der Waals surface area contributed by atoms with Crippen LogP contribution in [0, 0.1) is 5.82 Å². The normalized spacial score (nSPS) is 16.9. The Morgan fingerprint density at radius 1 is 1.36 bits per heavy atom. The average molecular weight is 517 g/mol. The van der Waals surface area contributed by atoms with E-state index in [9.17, 15) is 13.2 Å². The molecule has 1 atom stereocenters. The zero-order valence-corrected chi connectivity index (χ0v) is 19.6. The summed E-state index contributed by atoms with van der Waals surface area (Å²) in [6.07, 6.45) is 1.02. The molecule has 4 rings (SSSR count). The SMILES string of the molecule is COC(=O)N1CCO[C@@H](Cc2c(-c3c(F)cc(S(N)(=O)=O)cc3Cl)nc3cc(Cl)ccn23)C1. The van der Waals surface area contributed by atoms with Crippen molar-refractivity contribution >= 4 is 45.0 Å². The number of nitrogens with zero attached hydrogens (tertiary/aromatic N) is 3. The third-order valence-electron chi connectivity index (χ3n) is 5.26. The summed E-state index contributed by atoms with van der Waals surface area (Å²) in [7, 11) is -2.86. The van der Waals surface area contributed by atoms with Crippen molar-refractivity contribution in [3.05, 3.63) is 52.0 Å². The van der Waals surface area contributed by atoms with Gasteiger partial charge in [0.1, 0.15) is 11.5 Å². The molecule has 1 amide bonds. The van der Waals surface area contributed by atoms with E-state index >= 15 is 4.39 Å². The second kappa shape index (κ2) is 9.07. The molecule has 0 saturated carbocycles. The molecule has 1 fully saturated rings. The number of pyridine rings is 1. The van der Waals surface area contributed by atoms with Crippen LogP contribution in [0.2, 0.25) is 10.0 Å². The highest BCUT2D eigenvalue weighted by atomic mass is 35.5. The maximum Gasteiger partial charge on any atom is 0.409 e. The van der Waals surface area contributed by atoms with Crippen molar-refractivity contribution in [3.63, 3.8) is 0 Å². The van der Waals surface area contributed by atoms with E-state index in [1.807, 2.05) is 0 Å². The van der Waals surface area contributed by atoms with Crippen LogP contribution in [0.3, 0.4) is 0 Å². The van der Waals surface area contributed by atoms with E-state index < -0.39 is 32.9 Å². The molecule has 2 aromatic heterocycles. The zero-order valence-electron chi connectivity index (χ0n) is 17.3. The van der Waals surface area contributed by atoms with Crippen LogP contribution >= 0.6 is 23.2 Å². The summed E-state index contributed by atoms with van der Waals surface area (Å²) in [6.45, 7) is 0.942. The molecular weight excluding hydrogens is 498 g/mol. The minimum Gasteiger partial charge on any atom is -0.453 e. The van der Waals surface area contributed by atoms with Gasteiger partial charge in [0.25, 0.3) is 0 Å². The number of nitrogens with two attached hydrogens (primary N) is 1. The Morgan fingerprint density at radius 3 is 2.79 bits per heavy atom. The first-order valence-electron chi connectivity index (χ1n) is 9.71. The second-order valence-corrected chi connectivity index (χ2v) is 9.81. The molecule has 0 aliphatic carbocycles. The summed E-state index contributed by atoms with van der Waals surface area (Å²) >= 11 is 12.4. The zero-order chi connectivity index (χ0) is 23.9. The number of aromatic nitrogens is 2. The highest BCUT2D eigenvalue weighted by Gasteiger charge is 2.29. The van der Waals surface area contributed by atoms with E-state index in [0.717, 1.165) is 12.1 Å².